The minimum Gasteiger partial charge on any atom is -0.480 e. The highest BCUT2D eigenvalue weighted by molar-refractivity contribution is 7.92. The van der Waals surface area contributed by atoms with Crippen LogP contribution in [0.4, 0.5) is 5.69 Å². The fourth-order valence-electron chi connectivity index (χ4n) is 3.59. The van der Waals surface area contributed by atoms with Crippen LogP contribution < -0.4 is 10.0 Å². The van der Waals surface area contributed by atoms with Gasteiger partial charge in [0.25, 0.3) is 15.9 Å². The molecule has 0 aliphatic carbocycles. The number of para-hydroxylation sites is 1. The number of carbonyl (C=O) groups excluding carboxylic acids is 1. The Balaban J connectivity index is 1.57. The van der Waals surface area contributed by atoms with Crippen molar-refractivity contribution in [1.29, 1.82) is 0 Å². The first-order chi connectivity index (χ1) is 16.3. The van der Waals surface area contributed by atoms with E-state index in [1.807, 2.05) is 30.3 Å². The lowest BCUT2D eigenvalue weighted by atomic mass is 10.1. The summed E-state index contributed by atoms with van der Waals surface area (Å²) in [6.07, 6.45) is 0.0902. The van der Waals surface area contributed by atoms with Gasteiger partial charge in [-0.05, 0) is 40.6 Å². The third kappa shape index (κ3) is 5.24. The highest BCUT2D eigenvalue weighted by atomic mass is 32.2. The summed E-state index contributed by atoms with van der Waals surface area (Å²) in [6.45, 7) is 0. The molecule has 0 radical (unpaired) electrons. The summed E-state index contributed by atoms with van der Waals surface area (Å²) in [7, 11) is -4.00. The lowest BCUT2D eigenvalue weighted by molar-refractivity contribution is -0.139. The highest BCUT2D eigenvalue weighted by Gasteiger charge is 2.24. The Bertz CT molecular complexity index is 1450. The van der Waals surface area contributed by atoms with Gasteiger partial charge in [-0.1, -0.05) is 72.8 Å². The van der Waals surface area contributed by atoms with Crippen molar-refractivity contribution in [3.63, 3.8) is 0 Å². The molecule has 0 fully saturated rings. The van der Waals surface area contributed by atoms with E-state index in [-0.39, 0.29) is 22.6 Å². The third-order valence-electron chi connectivity index (χ3n) is 5.33. The van der Waals surface area contributed by atoms with Gasteiger partial charge in [0.15, 0.2) is 0 Å². The molecule has 4 rings (SSSR count). The number of fused-ring (bicyclic) bond motifs is 1. The molecule has 0 aliphatic rings. The summed E-state index contributed by atoms with van der Waals surface area (Å²) >= 11 is 0. The zero-order chi connectivity index (χ0) is 24.1. The maximum Gasteiger partial charge on any atom is 0.326 e. The molecule has 3 N–H and O–H groups in total. The van der Waals surface area contributed by atoms with E-state index in [9.17, 15) is 23.1 Å². The average Bonchev–Trinajstić information content (AvgIpc) is 2.84. The van der Waals surface area contributed by atoms with Gasteiger partial charge in [-0.2, -0.15) is 0 Å². The molecule has 172 valence electrons. The number of hydrogen-bond donors (Lipinski definition) is 3. The molecule has 1 atom stereocenters. The van der Waals surface area contributed by atoms with E-state index in [4.69, 9.17) is 0 Å². The number of hydrogen-bond acceptors (Lipinski definition) is 4. The van der Waals surface area contributed by atoms with E-state index in [1.165, 1.54) is 18.2 Å². The molecular formula is C26H22N2O5S. The van der Waals surface area contributed by atoms with Crippen molar-refractivity contribution in [2.24, 2.45) is 0 Å². The smallest absolute Gasteiger partial charge is 0.326 e. The summed E-state index contributed by atoms with van der Waals surface area (Å²) in [4.78, 5) is 24.8. The molecular weight excluding hydrogens is 452 g/mol. The predicted octanol–water partition coefficient (Wildman–Crippen LogP) is 4.07. The first-order valence-electron chi connectivity index (χ1n) is 10.5. The van der Waals surface area contributed by atoms with Crippen molar-refractivity contribution in [3.8, 4) is 0 Å². The number of anilines is 1. The van der Waals surface area contributed by atoms with Crippen LogP contribution in [0.2, 0.25) is 0 Å². The molecule has 0 bridgehead atoms. The van der Waals surface area contributed by atoms with Crippen LogP contribution in [0.15, 0.2) is 102 Å². The fourth-order valence-corrected chi connectivity index (χ4v) is 4.71. The van der Waals surface area contributed by atoms with Crippen LogP contribution in [0.5, 0.6) is 0 Å². The van der Waals surface area contributed by atoms with Gasteiger partial charge in [-0.25, -0.2) is 13.2 Å². The largest absolute Gasteiger partial charge is 0.480 e. The second kappa shape index (κ2) is 9.76. The lowest BCUT2D eigenvalue weighted by Gasteiger charge is -2.17. The second-order valence-electron chi connectivity index (χ2n) is 7.71. The van der Waals surface area contributed by atoms with E-state index >= 15 is 0 Å². The van der Waals surface area contributed by atoms with Crippen LogP contribution in [0.3, 0.4) is 0 Å². The molecule has 0 spiro atoms. The van der Waals surface area contributed by atoms with Crippen molar-refractivity contribution < 1.29 is 23.1 Å². The van der Waals surface area contributed by atoms with Gasteiger partial charge < -0.3 is 10.4 Å². The number of rotatable bonds is 8. The van der Waals surface area contributed by atoms with Gasteiger partial charge in [0.1, 0.15) is 6.04 Å². The molecule has 4 aromatic rings. The first kappa shape index (κ1) is 23.0. The normalized spacial score (nSPS) is 12.1. The van der Waals surface area contributed by atoms with Gasteiger partial charge in [0.05, 0.1) is 16.1 Å². The van der Waals surface area contributed by atoms with Gasteiger partial charge in [-0.15, -0.1) is 0 Å². The average molecular weight is 475 g/mol. The molecule has 0 aliphatic heterocycles. The van der Waals surface area contributed by atoms with Crippen molar-refractivity contribution >= 4 is 38.4 Å². The topological polar surface area (TPSA) is 113 Å². The van der Waals surface area contributed by atoms with Crippen LogP contribution in [0, 0.1) is 0 Å². The maximum absolute atomic E-state index is 13.1. The minimum absolute atomic E-state index is 0.0196. The Morgan fingerprint density at radius 3 is 2.18 bits per heavy atom. The summed E-state index contributed by atoms with van der Waals surface area (Å²) in [5.41, 5.74) is 0.823. The Hall–Kier alpha value is -4.17. The predicted molar refractivity (Wildman–Crippen MR) is 130 cm³/mol. The molecule has 0 saturated carbocycles. The van der Waals surface area contributed by atoms with E-state index < -0.39 is 27.9 Å². The van der Waals surface area contributed by atoms with Gasteiger partial charge >= 0.3 is 5.97 Å². The molecule has 0 saturated heterocycles. The van der Waals surface area contributed by atoms with Gasteiger partial charge in [0, 0.05) is 6.42 Å². The number of amides is 1. The standard InChI is InChI=1S/C26H22N2O5S/c29-25(27-24(26(30)31)16-18-8-2-1-3-9-18)22-12-6-7-13-23(22)28-34(32,33)21-15-14-19-10-4-5-11-20(19)17-21/h1-15,17,24,28H,16H2,(H,27,29)(H,30,31). The first-order valence-corrected chi connectivity index (χ1v) is 12.0. The van der Waals surface area contributed by atoms with E-state index in [0.717, 1.165) is 16.3 Å². The van der Waals surface area contributed by atoms with Crippen LogP contribution in [0.25, 0.3) is 10.8 Å². The molecule has 0 heterocycles. The summed E-state index contributed by atoms with van der Waals surface area (Å²) in [5, 5.41) is 13.8. The van der Waals surface area contributed by atoms with Crippen LogP contribution in [-0.2, 0) is 21.2 Å². The number of carboxylic acids is 1. The fraction of sp³-hybridized carbons (Fsp3) is 0.0769. The van der Waals surface area contributed by atoms with E-state index in [1.54, 1.807) is 48.5 Å². The van der Waals surface area contributed by atoms with Crippen molar-refractivity contribution in [3.05, 3.63) is 108 Å². The van der Waals surface area contributed by atoms with E-state index in [2.05, 4.69) is 10.0 Å². The number of carboxylic acid groups (broad SMARTS) is 1. The van der Waals surface area contributed by atoms with Crippen molar-refractivity contribution in [2.75, 3.05) is 4.72 Å². The lowest BCUT2D eigenvalue weighted by Crippen LogP contribution is -2.42. The molecule has 1 amide bonds. The van der Waals surface area contributed by atoms with Crippen LogP contribution in [-0.4, -0.2) is 31.4 Å². The summed E-state index contributed by atoms with van der Waals surface area (Å²) < 4.78 is 28.6. The zero-order valence-corrected chi connectivity index (χ0v) is 18.8. The highest BCUT2D eigenvalue weighted by Crippen LogP contribution is 2.23. The molecule has 0 aromatic heterocycles. The SMILES string of the molecule is O=C(NC(Cc1ccccc1)C(=O)O)c1ccccc1NS(=O)(=O)c1ccc2ccccc2c1. The van der Waals surface area contributed by atoms with Crippen molar-refractivity contribution in [2.45, 2.75) is 17.4 Å². The Kier molecular flexibility index (Phi) is 6.60. The molecule has 4 aromatic carbocycles. The Morgan fingerprint density at radius 2 is 1.44 bits per heavy atom. The number of nitrogens with one attached hydrogen (secondary N) is 2. The molecule has 8 heteroatoms. The van der Waals surface area contributed by atoms with Crippen LogP contribution >= 0.6 is 0 Å². The monoisotopic (exact) mass is 474 g/mol. The Labute approximate surface area is 197 Å². The molecule has 1 unspecified atom stereocenters. The van der Waals surface area contributed by atoms with E-state index in [0.29, 0.717) is 0 Å². The zero-order valence-electron chi connectivity index (χ0n) is 18.0. The number of aliphatic carboxylic acids is 1. The second-order valence-corrected chi connectivity index (χ2v) is 9.40. The number of sulfonamides is 1. The Morgan fingerprint density at radius 1 is 0.794 bits per heavy atom. The minimum atomic E-state index is -4.00. The summed E-state index contributed by atoms with van der Waals surface area (Å²) in [6, 6.07) is 26.0. The van der Waals surface area contributed by atoms with Gasteiger partial charge in [-0.3, -0.25) is 9.52 Å². The van der Waals surface area contributed by atoms with Gasteiger partial charge in [0.2, 0.25) is 0 Å². The summed E-state index contributed by atoms with van der Waals surface area (Å²) in [5.74, 6) is -1.88. The van der Waals surface area contributed by atoms with Crippen LogP contribution in [0.1, 0.15) is 15.9 Å². The number of carbonyl (C=O) groups is 2. The molecule has 34 heavy (non-hydrogen) atoms. The molecule has 7 nitrogen and oxygen atoms in total. The number of benzene rings is 4. The maximum atomic E-state index is 13.1. The third-order valence-corrected chi connectivity index (χ3v) is 6.70. The van der Waals surface area contributed by atoms with Crippen molar-refractivity contribution in [1.82, 2.24) is 5.32 Å². The quantitative estimate of drug-likeness (QED) is 0.356.